The summed E-state index contributed by atoms with van der Waals surface area (Å²) in [6.45, 7) is 1.65. The summed E-state index contributed by atoms with van der Waals surface area (Å²) in [6.07, 6.45) is 0. The Morgan fingerprint density at radius 1 is 1.18 bits per heavy atom. The molecule has 112 valence electrons. The average molecular weight is 318 g/mol. The van der Waals surface area contributed by atoms with E-state index in [1.165, 1.54) is 12.1 Å². The first kappa shape index (κ1) is 15.7. The van der Waals surface area contributed by atoms with Crippen molar-refractivity contribution in [1.29, 1.82) is 0 Å². The van der Waals surface area contributed by atoms with Gasteiger partial charge >= 0.3 is 0 Å². The van der Waals surface area contributed by atoms with Crippen molar-refractivity contribution >= 4 is 28.9 Å². The summed E-state index contributed by atoms with van der Waals surface area (Å²) >= 11 is 5.75. The molecule has 0 unspecified atom stereocenters. The summed E-state index contributed by atoms with van der Waals surface area (Å²) < 4.78 is 0. The van der Waals surface area contributed by atoms with Crippen LogP contribution in [0.2, 0.25) is 5.02 Å². The van der Waals surface area contributed by atoms with E-state index in [9.17, 15) is 14.9 Å². The van der Waals surface area contributed by atoms with Crippen molar-refractivity contribution in [2.24, 2.45) is 5.10 Å². The molecule has 0 saturated carbocycles. The van der Waals surface area contributed by atoms with Gasteiger partial charge in [-0.15, -0.1) is 0 Å². The molecule has 2 rings (SSSR count). The molecule has 2 aromatic rings. The van der Waals surface area contributed by atoms with Crippen molar-refractivity contribution in [2.45, 2.75) is 6.92 Å². The first-order valence-electron chi connectivity index (χ1n) is 6.32. The van der Waals surface area contributed by atoms with Crippen molar-refractivity contribution in [3.8, 4) is 0 Å². The maximum atomic E-state index is 11.9. The number of benzene rings is 2. The lowest BCUT2D eigenvalue weighted by molar-refractivity contribution is -0.384. The highest BCUT2D eigenvalue weighted by Crippen LogP contribution is 2.14. The Morgan fingerprint density at radius 2 is 1.86 bits per heavy atom. The van der Waals surface area contributed by atoms with Crippen LogP contribution >= 0.6 is 11.6 Å². The maximum absolute atomic E-state index is 11.9. The number of hydrogen-bond donors (Lipinski definition) is 1. The molecule has 2 aromatic carbocycles. The number of carbonyl (C=O) groups is 1. The average Bonchev–Trinajstić information content (AvgIpc) is 2.53. The molecule has 22 heavy (non-hydrogen) atoms. The number of nitro benzene ring substituents is 1. The molecule has 0 radical (unpaired) electrons. The third-order valence-electron chi connectivity index (χ3n) is 2.91. The van der Waals surface area contributed by atoms with E-state index in [2.05, 4.69) is 10.5 Å². The third kappa shape index (κ3) is 3.89. The van der Waals surface area contributed by atoms with E-state index in [4.69, 9.17) is 11.6 Å². The van der Waals surface area contributed by atoms with E-state index in [1.54, 1.807) is 43.3 Å². The molecule has 1 amide bonds. The Hall–Kier alpha value is -2.73. The van der Waals surface area contributed by atoms with Gasteiger partial charge in [0.25, 0.3) is 11.6 Å². The predicted octanol–water partition coefficient (Wildman–Crippen LogP) is 3.40. The number of nitrogens with zero attached hydrogens (tertiary/aromatic N) is 2. The van der Waals surface area contributed by atoms with E-state index >= 15 is 0 Å². The van der Waals surface area contributed by atoms with Crippen molar-refractivity contribution in [1.82, 2.24) is 5.43 Å². The number of nitrogens with one attached hydrogen (secondary N) is 1. The number of hydrazone groups is 1. The Bertz CT molecular complexity index is 742. The first-order valence-corrected chi connectivity index (χ1v) is 6.70. The van der Waals surface area contributed by atoms with Crippen LogP contribution in [0.5, 0.6) is 0 Å². The number of halogens is 1. The predicted molar refractivity (Wildman–Crippen MR) is 84.2 cm³/mol. The third-order valence-corrected chi connectivity index (χ3v) is 3.16. The zero-order chi connectivity index (χ0) is 16.1. The summed E-state index contributed by atoms with van der Waals surface area (Å²) in [5.74, 6) is -0.388. The van der Waals surface area contributed by atoms with Crippen LogP contribution in [-0.2, 0) is 0 Å². The highest BCUT2D eigenvalue weighted by Gasteiger charge is 2.08. The molecular formula is C15H12ClN3O3. The molecule has 6 nitrogen and oxygen atoms in total. The topological polar surface area (TPSA) is 84.6 Å². The lowest BCUT2D eigenvalue weighted by Gasteiger charge is -2.03. The zero-order valence-corrected chi connectivity index (χ0v) is 12.4. The van der Waals surface area contributed by atoms with E-state index in [1.807, 2.05) is 0 Å². The van der Waals surface area contributed by atoms with Gasteiger partial charge in [-0.1, -0.05) is 23.7 Å². The van der Waals surface area contributed by atoms with Crippen LogP contribution in [0.1, 0.15) is 22.8 Å². The van der Waals surface area contributed by atoms with E-state index in [0.29, 0.717) is 21.9 Å². The molecule has 0 heterocycles. The van der Waals surface area contributed by atoms with Gasteiger partial charge in [0.05, 0.1) is 10.6 Å². The number of hydrogen-bond acceptors (Lipinski definition) is 4. The van der Waals surface area contributed by atoms with Crippen LogP contribution in [0.3, 0.4) is 0 Å². The molecule has 0 atom stereocenters. The van der Waals surface area contributed by atoms with Crippen LogP contribution < -0.4 is 5.43 Å². The minimum Gasteiger partial charge on any atom is -0.267 e. The molecule has 7 heteroatoms. The molecule has 0 aliphatic carbocycles. The fourth-order valence-corrected chi connectivity index (χ4v) is 1.84. The molecule has 0 aliphatic rings. The van der Waals surface area contributed by atoms with Crippen LogP contribution in [0.4, 0.5) is 5.69 Å². The van der Waals surface area contributed by atoms with Gasteiger partial charge in [-0.05, 0) is 31.2 Å². The van der Waals surface area contributed by atoms with Gasteiger partial charge in [0.15, 0.2) is 0 Å². The second-order valence-electron chi connectivity index (χ2n) is 4.45. The monoisotopic (exact) mass is 317 g/mol. The van der Waals surface area contributed by atoms with Crippen molar-refractivity contribution in [3.63, 3.8) is 0 Å². The molecular weight excluding hydrogens is 306 g/mol. The fourth-order valence-electron chi connectivity index (χ4n) is 1.71. The summed E-state index contributed by atoms with van der Waals surface area (Å²) in [6, 6.07) is 12.4. The van der Waals surface area contributed by atoms with E-state index in [0.717, 1.165) is 0 Å². The van der Waals surface area contributed by atoms with Crippen molar-refractivity contribution in [2.75, 3.05) is 0 Å². The number of amides is 1. The van der Waals surface area contributed by atoms with Crippen molar-refractivity contribution in [3.05, 3.63) is 74.8 Å². The first-order chi connectivity index (χ1) is 10.5. The van der Waals surface area contributed by atoms with Gasteiger partial charge in [-0.25, -0.2) is 5.43 Å². The molecule has 0 spiro atoms. The Labute approximate surface area is 131 Å². The highest BCUT2D eigenvalue weighted by molar-refractivity contribution is 6.30. The van der Waals surface area contributed by atoms with Gasteiger partial charge in [0, 0.05) is 28.3 Å². The number of non-ortho nitro benzene ring substituents is 1. The lowest BCUT2D eigenvalue weighted by atomic mass is 10.1. The SMILES string of the molecule is CC(=NNC(=O)c1ccc(Cl)cc1)c1cccc([N+](=O)[O-])c1. The molecule has 1 N–H and O–H groups in total. The lowest BCUT2D eigenvalue weighted by Crippen LogP contribution is -2.19. The minimum absolute atomic E-state index is 0.0314. The molecule has 0 saturated heterocycles. The van der Waals surface area contributed by atoms with Crippen LogP contribution in [0.15, 0.2) is 53.6 Å². The quantitative estimate of drug-likeness (QED) is 0.533. The summed E-state index contributed by atoms with van der Waals surface area (Å²) in [5.41, 5.74) is 3.81. The minimum atomic E-state index is -0.483. The summed E-state index contributed by atoms with van der Waals surface area (Å²) in [7, 11) is 0. The smallest absolute Gasteiger partial charge is 0.267 e. The zero-order valence-electron chi connectivity index (χ0n) is 11.6. The van der Waals surface area contributed by atoms with Gasteiger partial charge in [0.2, 0.25) is 0 Å². The largest absolute Gasteiger partial charge is 0.271 e. The summed E-state index contributed by atoms with van der Waals surface area (Å²) in [4.78, 5) is 22.2. The van der Waals surface area contributed by atoms with Crippen LogP contribution in [-0.4, -0.2) is 16.5 Å². The fraction of sp³-hybridized carbons (Fsp3) is 0.0667. The van der Waals surface area contributed by atoms with Gasteiger partial charge in [-0.2, -0.15) is 5.10 Å². The molecule has 0 aromatic heterocycles. The van der Waals surface area contributed by atoms with E-state index in [-0.39, 0.29) is 11.6 Å². The van der Waals surface area contributed by atoms with Crippen LogP contribution in [0.25, 0.3) is 0 Å². The van der Waals surface area contributed by atoms with E-state index < -0.39 is 4.92 Å². The second kappa shape index (κ2) is 6.82. The molecule has 0 fully saturated rings. The molecule has 0 aliphatic heterocycles. The van der Waals surface area contributed by atoms with Crippen LogP contribution in [0, 0.1) is 10.1 Å². The highest BCUT2D eigenvalue weighted by atomic mass is 35.5. The normalized spacial score (nSPS) is 11.1. The summed E-state index contributed by atoms with van der Waals surface area (Å²) in [5, 5.41) is 15.2. The number of rotatable bonds is 4. The Kier molecular flexibility index (Phi) is 4.85. The van der Waals surface area contributed by atoms with Crippen molar-refractivity contribution < 1.29 is 9.72 Å². The van der Waals surface area contributed by atoms with Gasteiger partial charge in [-0.3, -0.25) is 14.9 Å². The second-order valence-corrected chi connectivity index (χ2v) is 4.89. The Morgan fingerprint density at radius 3 is 2.50 bits per heavy atom. The van der Waals surface area contributed by atoms with Gasteiger partial charge < -0.3 is 0 Å². The van der Waals surface area contributed by atoms with Gasteiger partial charge in [0.1, 0.15) is 0 Å². The number of nitro groups is 1. The maximum Gasteiger partial charge on any atom is 0.271 e. The standard InChI is InChI=1S/C15H12ClN3O3/c1-10(12-3-2-4-14(9-12)19(21)22)17-18-15(20)11-5-7-13(16)8-6-11/h2-9H,1H3,(H,18,20). The molecule has 0 bridgehead atoms. The Balaban J connectivity index is 2.12. The number of carbonyl (C=O) groups excluding carboxylic acids is 1.